The molecule has 1 aliphatic heterocycles. The lowest BCUT2D eigenvalue weighted by molar-refractivity contribution is -0.156. The van der Waals surface area contributed by atoms with Gasteiger partial charge in [-0.2, -0.15) is 0 Å². The number of nitrogens with zero attached hydrogens (tertiary/aromatic N) is 1. The average Bonchev–Trinajstić information content (AvgIpc) is 2.37. The molecule has 2 atom stereocenters. The van der Waals surface area contributed by atoms with Crippen LogP contribution in [0.25, 0.3) is 0 Å². The molecule has 1 aliphatic rings. The van der Waals surface area contributed by atoms with Gasteiger partial charge in [-0.25, -0.2) is 0 Å². The van der Waals surface area contributed by atoms with Crippen molar-refractivity contribution in [3.8, 4) is 0 Å². The first kappa shape index (κ1) is 15.5. The van der Waals surface area contributed by atoms with Gasteiger partial charge in [0, 0.05) is 20.0 Å². The van der Waals surface area contributed by atoms with Crippen molar-refractivity contribution in [2.45, 2.75) is 32.6 Å². The van der Waals surface area contributed by atoms with Crippen molar-refractivity contribution in [1.29, 1.82) is 0 Å². The Kier molecular flexibility index (Phi) is 5.80. The Balaban J connectivity index is 2.52. The summed E-state index contributed by atoms with van der Waals surface area (Å²) < 4.78 is 4.96. The molecule has 1 heterocycles. The van der Waals surface area contributed by atoms with Gasteiger partial charge in [0.1, 0.15) is 5.76 Å². The van der Waals surface area contributed by atoms with E-state index in [0.29, 0.717) is 18.7 Å². The molecule has 4 nitrogen and oxygen atoms in total. The molecule has 19 heavy (non-hydrogen) atoms. The van der Waals surface area contributed by atoms with Gasteiger partial charge < -0.3 is 9.64 Å². The highest BCUT2D eigenvalue weighted by Gasteiger charge is 2.37. The SMILES string of the molecule is C=CCCCCN(C)C(=O)C1CC(=C)OC(=O)C1C. The van der Waals surface area contributed by atoms with Gasteiger partial charge in [-0.15, -0.1) is 6.58 Å². The fourth-order valence-electron chi connectivity index (χ4n) is 2.20. The number of ether oxygens (including phenoxy) is 1. The molecule has 1 saturated heterocycles. The van der Waals surface area contributed by atoms with E-state index in [0.717, 1.165) is 19.3 Å². The summed E-state index contributed by atoms with van der Waals surface area (Å²) in [6.07, 6.45) is 5.25. The molecule has 0 saturated carbocycles. The molecule has 1 fully saturated rings. The van der Waals surface area contributed by atoms with Gasteiger partial charge in [-0.3, -0.25) is 9.59 Å². The molecule has 0 aliphatic carbocycles. The molecule has 0 bridgehead atoms. The van der Waals surface area contributed by atoms with E-state index in [9.17, 15) is 9.59 Å². The number of allylic oxidation sites excluding steroid dienone is 2. The zero-order chi connectivity index (χ0) is 14.4. The number of unbranched alkanes of at least 4 members (excludes halogenated alkanes) is 2. The Labute approximate surface area is 115 Å². The number of amides is 1. The molecule has 1 rings (SSSR count). The zero-order valence-electron chi connectivity index (χ0n) is 11.9. The average molecular weight is 265 g/mol. The fraction of sp³-hybridized carbons (Fsp3) is 0.600. The van der Waals surface area contributed by atoms with Gasteiger partial charge >= 0.3 is 5.97 Å². The van der Waals surface area contributed by atoms with E-state index in [2.05, 4.69) is 13.2 Å². The standard InChI is InChI=1S/C15H23NO3/c1-5-6-7-8-9-16(4)14(17)13-10-11(2)19-15(18)12(13)3/h5,12-13H,1-2,6-10H2,3-4H3. The third-order valence-electron chi connectivity index (χ3n) is 3.51. The number of hydrogen-bond acceptors (Lipinski definition) is 3. The normalized spacial score (nSPS) is 22.8. The van der Waals surface area contributed by atoms with E-state index in [-0.39, 0.29) is 17.8 Å². The Hall–Kier alpha value is -1.58. The van der Waals surface area contributed by atoms with Crippen LogP contribution in [0.3, 0.4) is 0 Å². The minimum Gasteiger partial charge on any atom is -0.431 e. The number of cyclic esters (lactones) is 1. The lowest BCUT2D eigenvalue weighted by Gasteiger charge is -2.31. The van der Waals surface area contributed by atoms with Gasteiger partial charge in [0.25, 0.3) is 0 Å². The highest BCUT2D eigenvalue weighted by atomic mass is 16.5. The van der Waals surface area contributed by atoms with E-state index in [1.807, 2.05) is 6.08 Å². The van der Waals surface area contributed by atoms with Crippen molar-refractivity contribution in [3.05, 3.63) is 25.0 Å². The Morgan fingerprint density at radius 3 is 2.84 bits per heavy atom. The molecule has 4 heteroatoms. The van der Waals surface area contributed by atoms with Crippen LogP contribution in [0.4, 0.5) is 0 Å². The Morgan fingerprint density at radius 2 is 2.21 bits per heavy atom. The van der Waals surface area contributed by atoms with Gasteiger partial charge in [-0.05, 0) is 19.3 Å². The first-order valence-corrected chi connectivity index (χ1v) is 6.72. The summed E-state index contributed by atoms with van der Waals surface area (Å²) in [5.74, 6) is -0.688. The zero-order valence-corrected chi connectivity index (χ0v) is 11.9. The summed E-state index contributed by atoms with van der Waals surface area (Å²) in [5, 5.41) is 0. The van der Waals surface area contributed by atoms with Crippen LogP contribution in [0, 0.1) is 11.8 Å². The van der Waals surface area contributed by atoms with Crippen LogP contribution in [-0.4, -0.2) is 30.4 Å². The minimum absolute atomic E-state index is 0.00361. The summed E-state index contributed by atoms with van der Waals surface area (Å²) in [6.45, 7) is 9.77. The van der Waals surface area contributed by atoms with Gasteiger partial charge in [0.05, 0.1) is 11.8 Å². The van der Waals surface area contributed by atoms with Crippen molar-refractivity contribution in [2.75, 3.05) is 13.6 Å². The quantitative estimate of drug-likeness (QED) is 0.421. The smallest absolute Gasteiger partial charge is 0.314 e. The van der Waals surface area contributed by atoms with E-state index in [1.165, 1.54) is 0 Å². The van der Waals surface area contributed by atoms with Crippen LogP contribution >= 0.6 is 0 Å². The first-order valence-electron chi connectivity index (χ1n) is 6.72. The number of carbonyl (C=O) groups is 2. The molecule has 106 valence electrons. The summed E-state index contributed by atoms with van der Waals surface area (Å²) in [7, 11) is 1.78. The van der Waals surface area contributed by atoms with Crippen LogP contribution in [0.5, 0.6) is 0 Å². The van der Waals surface area contributed by atoms with Crippen LogP contribution in [0.1, 0.15) is 32.6 Å². The molecule has 0 radical (unpaired) electrons. The van der Waals surface area contributed by atoms with Crippen LogP contribution in [0.2, 0.25) is 0 Å². The maximum Gasteiger partial charge on any atom is 0.314 e. The predicted molar refractivity (Wildman–Crippen MR) is 74.2 cm³/mol. The molecular weight excluding hydrogens is 242 g/mol. The Morgan fingerprint density at radius 1 is 1.53 bits per heavy atom. The van der Waals surface area contributed by atoms with E-state index in [1.54, 1.807) is 18.9 Å². The second-order valence-electron chi connectivity index (χ2n) is 5.10. The maximum absolute atomic E-state index is 12.3. The lowest BCUT2D eigenvalue weighted by Crippen LogP contribution is -2.41. The molecule has 0 N–H and O–H groups in total. The minimum atomic E-state index is -0.395. The van der Waals surface area contributed by atoms with Crippen molar-refractivity contribution < 1.29 is 14.3 Å². The first-order chi connectivity index (χ1) is 8.97. The van der Waals surface area contributed by atoms with Crippen molar-refractivity contribution in [1.82, 2.24) is 4.90 Å². The van der Waals surface area contributed by atoms with Crippen LogP contribution < -0.4 is 0 Å². The molecular formula is C15H23NO3. The van der Waals surface area contributed by atoms with Gasteiger partial charge in [0.2, 0.25) is 5.91 Å². The topological polar surface area (TPSA) is 46.6 Å². The maximum atomic E-state index is 12.3. The number of carbonyl (C=O) groups excluding carboxylic acids is 2. The van der Waals surface area contributed by atoms with Crippen molar-refractivity contribution in [3.63, 3.8) is 0 Å². The van der Waals surface area contributed by atoms with E-state index >= 15 is 0 Å². The van der Waals surface area contributed by atoms with Gasteiger partial charge in [-0.1, -0.05) is 19.6 Å². The fourth-order valence-corrected chi connectivity index (χ4v) is 2.20. The highest BCUT2D eigenvalue weighted by Crippen LogP contribution is 2.29. The van der Waals surface area contributed by atoms with E-state index in [4.69, 9.17) is 4.74 Å². The summed E-state index contributed by atoms with van der Waals surface area (Å²) in [5.41, 5.74) is 0. The lowest BCUT2D eigenvalue weighted by atomic mass is 9.87. The largest absolute Gasteiger partial charge is 0.431 e. The second-order valence-corrected chi connectivity index (χ2v) is 5.10. The van der Waals surface area contributed by atoms with Crippen LogP contribution in [-0.2, 0) is 14.3 Å². The molecule has 2 unspecified atom stereocenters. The second kappa shape index (κ2) is 7.12. The molecule has 0 aromatic rings. The van der Waals surface area contributed by atoms with Gasteiger partial charge in [0.15, 0.2) is 0 Å². The summed E-state index contributed by atoms with van der Waals surface area (Å²) in [6, 6.07) is 0. The molecule has 0 aromatic carbocycles. The number of hydrogen-bond donors (Lipinski definition) is 0. The monoisotopic (exact) mass is 265 g/mol. The van der Waals surface area contributed by atoms with Crippen LogP contribution in [0.15, 0.2) is 25.0 Å². The highest BCUT2D eigenvalue weighted by molar-refractivity contribution is 5.86. The van der Waals surface area contributed by atoms with E-state index < -0.39 is 5.92 Å². The summed E-state index contributed by atoms with van der Waals surface area (Å²) in [4.78, 5) is 25.6. The summed E-state index contributed by atoms with van der Waals surface area (Å²) >= 11 is 0. The molecule has 0 spiro atoms. The number of esters is 1. The third-order valence-corrected chi connectivity index (χ3v) is 3.51. The van der Waals surface area contributed by atoms with Crippen molar-refractivity contribution in [2.24, 2.45) is 11.8 Å². The number of rotatable bonds is 6. The predicted octanol–water partition coefficient (Wildman–Crippen LogP) is 2.51. The molecule has 1 amide bonds. The van der Waals surface area contributed by atoms with Crippen molar-refractivity contribution >= 4 is 11.9 Å². The third kappa shape index (κ3) is 4.23. The molecule has 0 aromatic heterocycles. The Bertz CT molecular complexity index is 376.